The SMILES string of the molecule is CC(NC(=O)c1ccccc1OC(F)F)c1ccccn1. The number of pyridine rings is 1. The summed E-state index contributed by atoms with van der Waals surface area (Å²) in [6, 6.07) is 10.9. The van der Waals surface area contributed by atoms with Crippen LogP contribution in [-0.2, 0) is 0 Å². The van der Waals surface area contributed by atoms with E-state index in [1.54, 1.807) is 37.4 Å². The van der Waals surface area contributed by atoms with Crippen molar-refractivity contribution in [1.29, 1.82) is 0 Å². The summed E-state index contributed by atoms with van der Waals surface area (Å²) in [6.45, 7) is -1.22. The molecule has 0 bridgehead atoms. The van der Waals surface area contributed by atoms with Crippen LogP contribution in [0.5, 0.6) is 5.75 Å². The minimum Gasteiger partial charge on any atom is -0.434 e. The molecule has 1 aromatic carbocycles. The molecule has 1 unspecified atom stereocenters. The van der Waals surface area contributed by atoms with E-state index in [4.69, 9.17) is 0 Å². The molecule has 1 amide bonds. The molecule has 0 fully saturated rings. The third-order valence-electron chi connectivity index (χ3n) is 2.83. The predicted molar refractivity (Wildman–Crippen MR) is 73.2 cm³/mol. The Kier molecular flexibility index (Phi) is 4.81. The standard InChI is InChI=1S/C15H14F2N2O2/c1-10(12-7-4-5-9-18-12)19-14(20)11-6-2-3-8-13(11)21-15(16)17/h2-10,15H,1H3,(H,19,20). The number of hydrogen-bond donors (Lipinski definition) is 1. The summed E-state index contributed by atoms with van der Waals surface area (Å²) in [5.41, 5.74) is 0.735. The number of halogens is 2. The lowest BCUT2D eigenvalue weighted by atomic mass is 10.1. The van der Waals surface area contributed by atoms with Crippen molar-refractivity contribution in [2.45, 2.75) is 19.6 Å². The van der Waals surface area contributed by atoms with E-state index in [0.29, 0.717) is 5.69 Å². The smallest absolute Gasteiger partial charge is 0.387 e. The Hall–Kier alpha value is -2.50. The first kappa shape index (κ1) is 14.9. The van der Waals surface area contributed by atoms with Crippen LogP contribution in [0.15, 0.2) is 48.7 Å². The van der Waals surface area contributed by atoms with Crippen LogP contribution in [0.25, 0.3) is 0 Å². The summed E-state index contributed by atoms with van der Waals surface area (Å²) in [7, 11) is 0. The zero-order valence-electron chi connectivity index (χ0n) is 11.3. The van der Waals surface area contributed by atoms with Gasteiger partial charge in [-0.3, -0.25) is 9.78 Å². The first-order valence-corrected chi connectivity index (χ1v) is 6.33. The molecule has 1 N–H and O–H groups in total. The van der Waals surface area contributed by atoms with E-state index >= 15 is 0 Å². The Labute approximate surface area is 120 Å². The maximum Gasteiger partial charge on any atom is 0.387 e. The fourth-order valence-electron chi connectivity index (χ4n) is 1.83. The second-order valence-corrected chi connectivity index (χ2v) is 4.32. The lowest BCUT2D eigenvalue weighted by molar-refractivity contribution is -0.0501. The minimum absolute atomic E-state index is 0.0561. The van der Waals surface area contributed by atoms with Gasteiger partial charge in [-0.05, 0) is 31.2 Å². The molecule has 2 rings (SSSR count). The summed E-state index contributed by atoms with van der Waals surface area (Å²) in [5.74, 6) is -0.650. The highest BCUT2D eigenvalue weighted by Gasteiger charge is 2.17. The van der Waals surface area contributed by atoms with Crippen LogP contribution < -0.4 is 10.1 Å². The van der Waals surface area contributed by atoms with Crippen molar-refractivity contribution in [2.24, 2.45) is 0 Å². The Balaban J connectivity index is 2.14. The number of aromatic nitrogens is 1. The molecular formula is C15H14F2N2O2. The maximum atomic E-state index is 12.3. The molecule has 6 heteroatoms. The summed E-state index contributed by atoms with van der Waals surface area (Å²) < 4.78 is 29.0. The molecule has 0 aliphatic carbocycles. The van der Waals surface area contributed by atoms with Gasteiger partial charge in [0.2, 0.25) is 0 Å². The Bertz CT molecular complexity index is 606. The molecule has 1 atom stereocenters. The second-order valence-electron chi connectivity index (χ2n) is 4.32. The first-order valence-electron chi connectivity index (χ1n) is 6.33. The van der Waals surface area contributed by atoms with Gasteiger partial charge >= 0.3 is 6.61 Å². The van der Waals surface area contributed by atoms with E-state index < -0.39 is 12.5 Å². The van der Waals surface area contributed by atoms with Crippen LogP contribution in [0.2, 0.25) is 0 Å². The van der Waals surface area contributed by atoms with Crippen LogP contribution in [0, 0.1) is 0 Å². The highest BCUT2D eigenvalue weighted by atomic mass is 19.3. The van der Waals surface area contributed by atoms with Crippen LogP contribution in [-0.4, -0.2) is 17.5 Å². The van der Waals surface area contributed by atoms with Crippen molar-refractivity contribution in [2.75, 3.05) is 0 Å². The van der Waals surface area contributed by atoms with E-state index in [-0.39, 0.29) is 17.4 Å². The van der Waals surface area contributed by atoms with E-state index in [2.05, 4.69) is 15.0 Å². The minimum atomic E-state index is -2.98. The van der Waals surface area contributed by atoms with Crippen molar-refractivity contribution in [1.82, 2.24) is 10.3 Å². The average molecular weight is 292 g/mol. The number of alkyl halides is 2. The van der Waals surface area contributed by atoms with Gasteiger partial charge in [-0.15, -0.1) is 0 Å². The maximum absolute atomic E-state index is 12.3. The highest BCUT2D eigenvalue weighted by Crippen LogP contribution is 2.21. The lowest BCUT2D eigenvalue weighted by Gasteiger charge is -2.15. The Morgan fingerprint density at radius 2 is 1.90 bits per heavy atom. The number of para-hydroxylation sites is 1. The number of carbonyl (C=O) groups excluding carboxylic acids is 1. The molecule has 0 saturated carbocycles. The molecule has 0 aliphatic rings. The molecule has 2 aromatic rings. The van der Waals surface area contributed by atoms with Gasteiger partial charge in [0.25, 0.3) is 5.91 Å². The van der Waals surface area contributed by atoms with Crippen LogP contribution in [0.4, 0.5) is 8.78 Å². The number of ether oxygens (including phenoxy) is 1. The summed E-state index contributed by atoms with van der Waals surface area (Å²) in [4.78, 5) is 16.3. The predicted octanol–water partition coefficient (Wildman–Crippen LogP) is 3.17. The number of amides is 1. The van der Waals surface area contributed by atoms with Crippen molar-refractivity contribution >= 4 is 5.91 Å². The van der Waals surface area contributed by atoms with Gasteiger partial charge in [0.05, 0.1) is 17.3 Å². The van der Waals surface area contributed by atoms with Crippen molar-refractivity contribution in [3.05, 3.63) is 59.9 Å². The Morgan fingerprint density at radius 1 is 1.19 bits per heavy atom. The number of nitrogens with one attached hydrogen (secondary N) is 1. The second kappa shape index (κ2) is 6.78. The van der Waals surface area contributed by atoms with E-state index in [1.165, 1.54) is 18.2 Å². The number of benzene rings is 1. The van der Waals surface area contributed by atoms with Gasteiger partial charge < -0.3 is 10.1 Å². The highest BCUT2D eigenvalue weighted by molar-refractivity contribution is 5.97. The van der Waals surface area contributed by atoms with Crippen LogP contribution in [0.1, 0.15) is 29.0 Å². The zero-order valence-corrected chi connectivity index (χ0v) is 11.3. The quantitative estimate of drug-likeness (QED) is 0.921. The zero-order chi connectivity index (χ0) is 15.2. The monoisotopic (exact) mass is 292 g/mol. The van der Waals surface area contributed by atoms with E-state index in [0.717, 1.165) is 0 Å². The summed E-state index contributed by atoms with van der Waals surface area (Å²) >= 11 is 0. The lowest BCUT2D eigenvalue weighted by Crippen LogP contribution is -2.27. The first-order chi connectivity index (χ1) is 10.1. The molecule has 110 valence electrons. The third kappa shape index (κ3) is 3.98. The number of carbonyl (C=O) groups is 1. The average Bonchev–Trinajstić information content (AvgIpc) is 2.48. The number of hydrogen-bond acceptors (Lipinski definition) is 3. The molecule has 0 saturated heterocycles. The topological polar surface area (TPSA) is 51.2 Å². The molecule has 0 radical (unpaired) electrons. The van der Waals surface area contributed by atoms with Gasteiger partial charge in [0, 0.05) is 6.20 Å². The van der Waals surface area contributed by atoms with Crippen LogP contribution >= 0.6 is 0 Å². The number of nitrogens with zero attached hydrogens (tertiary/aromatic N) is 1. The largest absolute Gasteiger partial charge is 0.434 e. The molecule has 1 aromatic heterocycles. The van der Waals surface area contributed by atoms with E-state index in [1.807, 2.05) is 0 Å². The van der Waals surface area contributed by atoms with Crippen molar-refractivity contribution in [3.8, 4) is 5.75 Å². The molecular weight excluding hydrogens is 278 g/mol. The molecule has 0 spiro atoms. The van der Waals surface area contributed by atoms with Gasteiger partial charge in [-0.2, -0.15) is 8.78 Å². The van der Waals surface area contributed by atoms with Gasteiger partial charge in [-0.25, -0.2) is 0 Å². The molecule has 1 heterocycles. The van der Waals surface area contributed by atoms with Crippen molar-refractivity contribution < 1.29 is 18.3 Å². The summed E-state index contributed by atoms with van der Waals surface area (Å²) in [6.07, 6.45) is 1.62. The molecule has 0 aliphatic heterocycles. The van der Waals surface area contributed by atoms with Gasteiger partial charge in [-0.1, -0.05) is 18.2 Å². The van der Waals surface area contributed by atoms with Gasteiger partial charge in [0.15, 0.2) is 0 Å². The molecule has 4 nitrogen and oxygen atoms in total. The fraction of sp³-hybridized carbons (Fsp3) is 0.200. The normalized spacial score (nSPS) is 12.0. The Morgan fingerprint density at radius 3 is 2.57 bits per heavy atom. The molecule has 21 heavy (non-hydrogen) atoms. The van der Waals surface area contributed by atoms with Crippen molar-refractivity contribution in [3.63, 3.8) is 0 Å². The summed E-state index contributed by atoms with van der Waals surface area (Å²) in [5, 5.41) is 2.70. The fourth-order valence-corrected chi connectivity index (χ4v) is 1.83. The van der Waals surface area contributed by atoms with E-state index in [9.17, 15) is 13.6 Å². The van der Waals surface area contributed by atoms with Crippen LogP contribution in [0.3, 0.4) is 0 Å². The third-order valence-corrected chi connectivity index (χ3v) is 2.83. The number of rotatable bonds is 5. The van der Waals surface area contributed by atoms with Gasteiger partial charge in [0.1, 0.15) is 5.75 Å².